The molecular weight excluding hydrogens is 344 g/mol. The van der Waals surface area contributed by atoms with E-state index in [2.05, 4.69) is 0 Å². The molecule has 3 rings (SSSR count). The van der Waals surface area contributed by atoms with Crippen LogP contribution >= 0.6 is 0 Å². The van der Waals surface area contributed by atoms with Crippen LogP contribution in [-0.2, 0) is 25.6 Å². The molecule has 1 fully saturated rings. The van der Waals surface area contributed by atoms with Crippen molar-refractivity contribution in [2.24, 2.45) is 11.8 Å². The summed E-state index contributed by atoms with van der Waals surface area (Å²) in [6.45, 7) is 2.68. The molecule has 27 heavy (non-hydrogen) atoms. The fraction of sp³-hybridized carbons (Fsp3) is 0.364. The van der Waals surface area contributed by atoms with Crippen molar-refractivity contribution < 1.29 is 23.8 Å². The van der Waals surface area contributed by atoms with Gasteiger partial charge in [0.25, 0.3) is 0 Å². The van der Waals surface area contributed by atoms with Crippen LogP contribution in [0.1, 0.15) is 29.3 Å². The molecule has 0 unspecified atom stereocenters. The number of esters is 2. The Morgan fingerprint density at radius 1 is 0.963 bits per heavy atom. The number of rotatable bonds is 8. The Bertz CT molecular complexity index is 744. The van der Waals surface area contributed by atoms with Crippen LogP contribution in [0.15, 0.2) is 60.7 Å². The molecule has 0 amide bonds. The minimum absolute atomic E-state index is 0.0441. The Balaban J connectivity index is 1.51. The second kappa shape index (κ2) is 9.33. The molecule has 0 spiro atoms. The van der Waals surface area contributed by atoms with Crippen LogP contribution < -0.4 is 0 Å². The Kier molecular flexibility index (Phi) is 6.60. The first-order valence-electron chi connectivity index (χ1n) is 9.14. The third-order valence-electron chi connectivity index (χ3n) is 4.80. The summed E-state index contributed by atoms with van der Waals surface area (Å²) >= 11 is 0. The van der Waals surface area contributed by atoms with Crippen molar-refractivity contribution in [2.75, 3.05) is 13.2 Å². The summed E-state index contributed by atoms with van der Waals surface area (Å²) in [6.07, 6.45) is 0.499. The lowest BCUT2D eigenvalue weighted by Gasteiger charge is -2.43. The average Bonchev–Trinajstić information content (AvgIpc) is 2.67. The lowest BCUT2D eigenvalue weighted by Crippen LogP contribution is -2.48. The summed E-state index contributed by atoms with van der Waals surface area (Å²) in [5.41, 5.74) is 1.62. The summed E-state index contributed by atoms with van der Waals surface area (Å²) in [6, 6.07) is 18.8. The lowest BCUT2D eigenvalue weighted by molar-refractivity contribution is -0.167. The first-order valence-corrected chi connectivity index (χ1v) is 9.14. The maximum Gasteiger partial charge on any atom is 0.338 e. The molecule has 0 N–H and O–H groups in total. The van der Waals surface area contributed by atoms with E-state index in [4.69, 9.17) is 14.2 Å². The number of hydrogen-bond acceptors (Lipinski definition) is 5. The SMILES string of the molecule is CC(=O)O[C@@H]1C[C@@H](COCc2ccccc2)[C@H]1COC(=O)c1ccccc1. The van der Waals surface area contributed by atoms with Gasteiger partial charge in [0.05, 0.1) is 25.4 Å². The molecule has 1 saturated carbocycles. The zero-order valence-electron chi connectivity index (χ0n) is 15.4. The van der Waals surface area contributed by atoms with Crippen LogP contribution in [0, 0.1) is 11.8 Å². The molecule has 0 radical (unpaired) electrons. The van der Waals surface area contributed by atoms with E-state index in [1.807, 2.05) is 36.4 Å². The van der Waals surface area contributed by atoms with Crippen LogP contribution in [-0.4, -0.2) is 31.3 Å². The van der Waals surface area contributed by atoms with Gasteiger partial charge in [0.2, 0.25) is 0 Å². The maximum atomic E-state index is 12.2. The molecule has 0 bridgehead atoms. The van der Waals surface area contributed by atoms with E-state index >= 15 is 0 Å². The van der Waals surface area contributed by atoms with Gasteiger partial charge in [0.15, 0.2) is 0 Å². The second-order valence-corrected chi connectivity index (χ2v) is 6.77. The quantitative estimate of drug-likeness (QED) is 0.666. The summed E-state index contributed by atoms with van der Waals surface area (Å²) in [4.78, 5) is 23.5. The molecule has 0 heterocycles. The maximum absolute atomic E-state index is 12.2. The highest BCUT2D eigenvalue weighted by Crippen LogP contribution is 2.38. The molecule has 2 aromatic carbocycles. The summed E-state index contributed by atoms with van der Waals surface area (Å²) in [5, 5.41) is 0. The molecule has 3 atom stereocenters. The molecule has 1 aliphatic rings. The minimum Gasteiger partial charge on any atom is -0.462 e. The average molecular weight is 368 g/mol. The third-order valence-corrected chi connectivity index (χ3v) is 4.80. The van der Waals surface area contributed by atoms with Crippen molar-refractivity contribution in [3.63, 3.8) is 0 Å². The van der Waals surface area contributed by atoms with E-state index in [1.165, 1.54) is 6.92 Å². The van der Waals surface area contributed by atoms with Gasteiger partial charge in [-0.3, -0.25) is 4.79 Å². The topological polar surface area (TPSA) is 61.8 Å². The van der Waals surface area contributed by atoms with E-state index in [1.54, 1.807) is 24.3 Å². The Hall–Kier alpha value is -2.66. The summed E-state index contributed by atoms with van der Waals surface area (Å²) in [7, 11) is 0. The van der Waals surface area contributed by atoms with Crippen molar-refractivity contribution in [2.45, 2.75) is 26.1 Å². The van der Waals surface area contributed by atoms with Crippen molar-refractivity contribution in [3.8, 4) is 0 Å². The van der Waals surface area contributed by atoms with Gasteiger partial charge in [-0.1, -0.05) is 48.5 Å². The highest BCUT2D eigenvalue weighted by atomic mass is 16.6. The molecule has 5 nitrogen and oxygen atoms in total. The number of carbonyl (C=O) groups excluding carboxylic acids is 2. The Morgan fingerprint density at radius 3 is 2.30 bits per heavy atom. The fourth-order valence-corrected chi connectivity index (χ4v) is 3.27. The van der Waals surface area contributed by atoms with Crippen molar-refractivity contribution in [1.29, 1.82) is 0 Å². The molecule has 5 heteroatoms. The van der Waals surface area contributed by atoms with E-state index in [0.29, 0.717) is 18.8 Å². The fourth-order valence-electron chi connectivity index (χ4n) is 3.27. The van der Waals surface area contributed by atoms with Crippen LogP contribution in [0.5, 0.6) is 0 Å². The predicted octanol–water partition coefficient (Wildman–Crippen LogP) is 3.63. The number of hydrogen-bond donors (Lipinski definition) is 0. The van der Waals surface area contributed by atoms with Gasteiger partial charge in [-0.25, -0.2) is 4.79 Å². The monoisotopic (exact) mass is 368 g/mol. The molecular formula is C22H24O5. The number of ether oxygens (including phenoxy) is 3. The van der Waals surface area contributed by atoms with E-state index in [9.17, 15) is 9.59 Å². The highest BCUT2D eigenvalue weighted by molar-refractivity contribution is 5.89. The van der Waals surface area contributed by atoms with Gasteiger partial charge in [0, 0.05) is 12.8 Å². The standard InChI is InChI=1S/C22H24O5/c1-16(23)27-21-12-19(14-25-13-17-8-4-2-5-9-17)20(21)15-26-22(24)18-10-6-3-7-11-18/h2-11,19-21H,12-15H2,1H3/t19-,20+,21+/m0/s1. The Labute approximate surface area is 159 Å². The van der Waals surface area contributed by atoms with Gasteiger partial charge in [-0.05, 0) is 30.0 Å². The third kappa shape index (κ3) is 5.41. The minimum atomic E-state index is -0.368. The second-order valence-electron chi connectivity index (χ2n) is 6.77. The van der Waals surface area contributed by atoms with E-state index in [-0.39, 0.29) is 36.5 Å². The van der Waals surface area contributed by atoms with Crippen molar-refractivity contribution in [3.05, 3.63) is 71.8 Å². The highest BCUT2D eigenvalue weighted by Gasteiger charge is 2.44. The number of carbonyl (C=O) groups is 2. The van der Waals surface area contributed by atoms with Gasteiger partial charge >= 0.3 is 11.9 Å². The smallest absolute Gasteiger partial charge is 0.338 e. The Morgan fingerprint density at radius 2 is 1.63 bits per heavy atom. The first kappa shape index (κ1) is 19.1. The van der Waals surface area contributed by atoms with Crippen molar-refractivity contribution >= 4 is 11.9 Å². The first-order chi connectivity index (χ1) is 13.1. The summed E-state index contributed by atoms with van der Waals surface area (Å²) in [5.74, 6) is -0.532. The molecule has 142 valence electrons. The van der Waals surface area contributed by atoms with Gasteiger partial charge in [-0.15, -0.1) is 0 Å². The van der Waals surface area contributed by atoms with Gasteiger partial charge in [-0.2, -0.15) is 0 Å². The number of benzene rings is 2. The largest absolute Gasteiger partial charge is 0.462 e. The normalized spacial score (nSPS) is 21.1. The van der Waals surface area contributed by atoms with Gasteiger partial charge in [0.1, 0.15) is 6.10 Å². The molecule has 0 saturated heterocycles. The summed E-state index contributed by atoms with van der Waals surface area (Å²) < 4.78 is 16.6. The molecule has 0 aliphatic heterocycles. The van der Waals surface area contributed by atoms with Crippen LogP contribution in [0.25, 0.3) is 0 Å². The van der Waals surface area contributed by atoms with E-state index < -0.39 is 0 Å². The van der Waals surface area contributed by atoms with Crippen LogP contribution in [0.2, 0.25) is 0 Å². The van der Waals surface area contributed by atoms with E-state index in [0.717, 1.165) is 12.0 Å². The van der Waals surface area contributed by atoms with Crippen molar-refractivity contribution in [1.82, 2.24) is 0 Å². The van der Waals surface area contributed by atoms with Gasteiger partial charge < -0.3 is 14.2 Å². The molecule has 1 aliphatic carbocycles. The molecule has 0 aromatic heterocycles. The van der Waals surface area contributed by atoms with Crippen LogP contribution in [0.3, 0.4) is 0 Å². The van der Waals surface area contributed by atoms with Crippen LogP contribution in [0.4, 0.5) is 0 Å². The lowest BCUT2D eigenvalue weighted by atomic mass is 9.71. The zero-order chi connectivity index (χ0) is 19.1. The predicted molar refractivity (Wildman–Crippen MR) is 100.0 cm³/mol. The zero-order valence-corrected chi connectivity index (χ0v) is 15.4. The molecule has 2 aromatic rings.